The summed E-state index contributed by atoms with van der Waals surface area (Å²) in [5, 5.41) is 9.32. The number of hydrogen-bond acceptors (Lipinski definition) is 4. The summed E-state index contributed by atoms with van der Waals surface area (Å²) in [4.78, 5) is 23.1. The second kappa shape index (κ2) is 7.16. The minimum Gasteiger partial charge on any atom is -0.478 e. The molecule has 0 aromatic heterocycles. The first kappa shape index (κ1) is 18.8. The van der Waals surface area contributed by atoms with Crippen molar-refractivity contribution in [3.05, 3.63) is 53.6 Å². The molecule has 0 amide bonds. The van der Waals surface area contributed by atoms with Gasteiger partial charge in [-0.3, -0.25) is 4.79 Å². The number of Topliss-reactive ketones (excluding diaryl/α,β-unsaturated/α-hetero) is 1. The summed E-state index contributed by atoms with van der Waals surface area (Å²) in [5.74, 6) is -1.44. The summed E-state index contributed by atoms with van der Waals surface area (Å²) in [5.41, 5.74) is 1.07. The lowest BCUT2D eigenvalue weighted by atomic mass is 9.96. The van der Waals surface area contributed by atoms with Crippen LogP contribution in [-0.2, 0) is 10.0 Å². The van der Waals surface area contributed by atoms with E-state index in [1.807, 2.05) is 0 Å². The quantitative estimate of drug-likeness (QED) is 0.771. The Balaban J connectivity index is 2.73. The van der Waals surface area contributed by atoms with E-state index in [0.29, 0.717) is 16.7 Å². The van der Waals surface area contributed by atoms with Crippen LogP contribution in [-0.4, -0.2) is 31.3 Å². The molecule has 0 unspecified atom stereocenters. The van der Waals surface area contributed by atoms with Gasteiger partial charge in [0.25, 0.3) is 0 Å². The molecule has 0 fully saturated rings. The van der Waals surface area contributed by atoms with Crippen LogP contribution in [0.1, 0.15) is 41.5 Å². The van der Waals surface area contributed by atoms with Crippen molar-refractivity contribution < 1.29 is 23.1 Å². The Kier molecular flexibility index (Phi) is 5.39. The minimum absolute atomic E-state index is 0.158. The molecule has 0 saturated carbocycles. The predicted molar refractivity (Wildman–Crippen MR) is 94.3 cm³/mol. The third-order valence-electron chi connectivity index (χ3n) is 3.47. The number of ketones is 1. The van der Waals surface area contributed by atoms with Gasteiger partial charge in [-0.2, -0.15) is 0 Å². The highest BCUT2D eigenvalue weighted by molar-refractivity contribution is 7.89. The molecule has 0 aliphatic rings. The molecule has 0 bridgehead atoms. The first-order valence-electron chi connectivity index (χ1n) is 7.63. The Morgan fingerprint density at radius 1 is 1.08 bits per heavy atom. The number of nitrogens with one attached hydrogen (secondary N) is 1. The minimum atomic E-state index is -3.88. The van der Waals surface area contributed by atoms with Gasteiger partial charge in [-0.25, -0.2) is 17.9 Å². The molecule has 0 aliphatic carbocycles. The second-order valence-corrected chi connectivity index (χ2v) is 7.64. The fourth-order valence-corrected chi connectivity index (χ4v) is 3.77. The van der Waals surface area contributed by atoms with Crippen molar-refractivity contribution in [3.63, 3.8) is 0 Å². The fraction of sp³-hybridized carbons (Fsp3) is 0.222. The van der Waals surface area contributed by atoms with Crippen LogP contribution in [0.4, 0.5) is 0 Å². The summed E-state index contributed by atoms with van der Waals surface area (Å²) in [6.45, 7) is 4.74. The van der Waals surface area contributed by atoms with Gasteiger partial charge in [-0.15, -0.1) is 0 Å². The molecular formula is C18H19NO5S. The van der Waals surface area contributed by atoms with E-state index in [1.54, 1.807) is 38.1 Å². The van der Waals surface area contributed by atoms with Crippen LogP contribution in [0.5, 0.6) is 0 Å². The highest BCUT2D eigenvalue weighted by Crippen LogP contribution is 2.28. The number of benzene rings is 2. The van der Waals surface area contributed by atoms with E-state index >= 15 is 0 Å². The Bertz CT molecular complexity index is 932. The molecule has 0 saturated heterocycles. The second-order valence-electron chi connectivity index (χ2n) is 5.93. The van der Waals surface area contributed by atoms with Gasteiger partial charge in [0, 0.05) is 11.6 Å². The topological polar surface area (TPSA) is 101 Å². The van der Waals surface area contributed by atoms with Crippen molar-refractivity contribution in [2.75, 3.05) is 0 Å². The number of hydrogen-bond donors (Lipinski definition) is 2. The number of sulfonamides is 1. The van der Waals surface area contributed by atoms with Crippen LogP contribution in [0.25, 0.3) is 11.1 Å². The Morgan fingerprint density at radius 3 is 2.28 bits per heavy atom. The van der Waals surface area contributed by atoms with Crippen LogP contribution in [0, 0.1) is 0 Å². The normalized spacial score (nSPS) is 11.5. The maximum atomic E-state index is 12.4. The lowest BCUT2D eigenvalue weighted by Gasteiger charge is -2.13. The zero-order valence-electron chi connectivity index (χ0n) is 14.1. The average Bonchev–Trinajstić information content (AvgIpc) is 2.53. The van der Waals surface area contributed by atoms with Gasteiger partial charge in [0.15, 0.2) is 5.78 Å². The molecule has 2 aromatic rings. The van der Waals surface area contributed by atoms with E-state index in [4.69, 9.17) is 0 Å². The number of carbonyl (C=O) groups is 2. The summed E-state index contributed by atoms with van der Waals surface area (Å²) < 4.78 is 27.3. The molecule has 0 spiro atoms. The highest BCUT2D eigenvalue weighted by Gasteiger charge is 2.20. The number of carbonyl (C=O) groups excluding carboxylic acids is 1. The summed E-state index contributed by atoms with van der Waals surface area (Å²) in [6, 6.07) is 10.2. The van der Waals surface area contributed by atoms with Crippen LogP contribution >= 0.6 is 0 Å². The number of rotatable bonds is 6. The Hall–Kier alpha value is -2.51. The van der Waals surface area contributed by atoms with Crippen molar-refractivity contribution in [2.45, 2.75) is 31.7 Å². The van der Waals surface area contributed by atoms with Crippen molar-refractivity contribution in [1.29, 1.82) is 0 Å². The fourth-order valence-electron chi connectivity index (χ4n) is 2.45. The SMILES string of the molecule is CC(=O)c1ccccc1-c1cc(C(=O)O)cc(S(=O)(=O)NC(C)C)c1. The molecule has 0 aliphatic heterocycles. The van der Waals surface area contributed by atoms with Crippen LogP contribution in [0.2, 0.25) is 0 Å². The molecule has 0 heterocycles. The molecule has 0 radical (unpaired) electrons. The zero-order chi connectivity index (χ0) is 18.8. The molecule has 2 rings (SSSR count). The number of carboxylic acid groups (broad SMARTS) is 1. The largest absolute Gasteiger partial charge is 0.478 e. The van der Waals surface area contributed by atoms with Crippen molar-refractivity contribution in [3.8, 4) is 11.1 Å². The smallest absolute Gasteiger partial charge is 0.335 e. The van der Waals surface area contributed by atoms with E-state index in [0.717, 1.165) is 6.07 Å². The van der Waals surface area contributed by atoms with Gasteiger partial charge < -0.3 is 5.11 Å². The Labute approximate surface area is 146 Å². The molecule has 6 nitrogen and oxygen atoms in total. The molecule has 2 N–H and O–H groups in total. The lowest BCUT2D eigenvalue weighted by Crippen LogP contribution is -2.30. The van der Waals surface area contributed by atoms with Gasteiger partial charge in [0.2, 0.25) is 10.0 Å². The first-order chi connectivity index (χ1) is 11.6. The molecule has 25 heavy (non-hydrogen) atoms. The van der Waals surface area contributed by atoms with E-state index in [1.165, 1.54) is 19.1 Å². The van der Waals surface area contributed by atoms with Crippen LogP contribution < -0.4 is 4.72 Å². The number of carboxylic acids is 1. The van der Waals surface area contributed by atoms with E-state index in [9.17, 15) is 23.1 Å². The molecule has 7 heteroatoms. The maximum Gasteiger partial charge on any atom is 0.335 e. The van der Waals surface area contributed by atoms with Gasteiger partial charge in [-0.05, 0) is 50.1 Å². The van der Waals surface area contributed by atoms with Crippen LogP contribution in [0.15, 0.2) is 47.4 Å². The molecule has 0 atom stereocenters. The van der Waals surface area contributed by atoms with Gasteiger partial charge in [0.1, 0.15) is 0 Å². The van der Waals surface area contributed by atoms with Crippen LogP contribution in [0.3, 0.4) is 0 Å². The number of aromatic carboxylic acids is 1. The third-order valence-corrected chi connectivity index (χ3v) is 5.11. The Morgan fingerprint density at radius 2 is 1.72 bits per heavy atom. The van der Waals surface area contributed by atoms with Crippen molar-refractivity contribution in [2.24, 2.45) is 0 Å². The van der Waals surface area contributed by atoms with Crippen molar-refractivity contribution >= 4 is 21.8 Å². The standard InChI is InChI=1S/C18H19NO5S/c1-11(2)19-25(23,24)15-9-13(8-14(10-15)18(21)22)17-7-5-4-6-16(17)12(3)20/h4-11,19H,1-3H3,(H,21,22). The van der Waals surface area contributed by atoms with E-state index < -0.39 is 16.0 Å². The van der Waals surface area contributed by atoms with Gasteiger partial charge in [-0.1, -0.05) is 24.3 Å². The summed E-state index contributed by atoms with van der Waals surface area (Å²) in [7, 11) is -3.88. The summed E-state index contributed by atoms with van der Waals surface area (Å²) in [6.07, 6.45) is 0. The van der Waals surface area contributed by atoms with E-state index in [2.05, 4.69) is 4.72 Å². The average molecular weight is 361 g/mol. The molecule has 132 valence electrons. The zero-order valence-corrected chi connectivity index (χ0v) is 14.9. The molecular weight excluding hydrogens is 342 g/mol. The van der Waals surface area contributed by atoms with Gasteiger partial charge in [0.05, 0.1) is 10.5 Å². The predicted octanol–water partition coefficient (Wildman–Crippen LogP) is 2.94. The first-order valence-corrected chi connectivity index (χ1v) is 9.11. The third kappa shape index (κ3) is 4.32. The maximum absolute atomic E-state index is 12.4. The van der Waals surface area contributed by atoms with Crippen molar-refractivity contribution in [1.82, 2.24) is 4.72 Å². The van der Waals surface area contributed by atoms with E-state index in [-0.39, 0.29) is 22.3 Å². The molecule has 2 aromatic carbocycles. The van der Waals surface area contributed by atoms with Gasteiger partial charge >= 0.3 is 5.97 Å². The monoisotopic (exact) mass is 361 g/mol. The lowest BCUT2D eigenvalue weighted by molar-refractivity contribution is 0.0696. The summed E-state index contributed by atoms with van der Waals surface area (Å²) >= 11 is 0. The highest BCUT2D eigenvalue weighted by atomic mass is 32.2.